The van der Waals surface area contributed by atoms with Crippen molar-refractivity contribution in [2.45, 2.75) is 19.3 Å². The summed E-state index contributed by atoms with van der Waals surface area (Å²) in [5.74, 6) is 1.55. The van der Waals surface area contributed by atoms with Gasteiger partial charge in [-0.1, -0.05) is 23.7 Å². The number of carbonyl (C=O) groups excluding carboxylic acids is 1. The lowest BCUT2D eigenvalue weighted by Gasteiger charge is -2.20. The van der Waals surface area contributed by atoms with Gasteiger partial charge in [0, 0.05) is 23.6 Å². The molecule has 1 amide bonds. The molecule has 0 saturated heterocycles. The summed E-state index contributed by atoms with van der Waals surface area (Å²) in [4.78, 5) is 11.5. The van der Waals surface area contributed by atoms with Crippen LogP contribution in [0.2, 0.25) is 5.02 Å². The first kappa shape index (κ1) is 17.1. The lowest BCUT2D eigenvalue weighted by Crippen LogP contribution is -2.17. The van der Waals surface area contributed by atoms with Crippen LogP contribution in [-0.2, 0) is 24.1 Å². The monoisotopic (exact) mass is 386 g/mol. The number of aryl methyl sites for hydroxylation is 2. The van der Waals surface area contributed by atoms with Crippen molar-refractivity contribution in [3.05, 3.63) is 70.3 Å². The highest BCUT2D eigenvalue weighted by atomic mass is 35.5. The minimum Gasteiger partial charge on any atom is -0.325 e. The first-order valence-corrected chi connectivity index (χ1v) is 9.22. The lowest BCUT2D eigenvalue weighted by molar-refractivity contribution is -0.113. The number of halogens is 2. The van der Waals surface area contributed by atoms with Gasteiger partial charge in [-0.3, -0.25) is 9.36 Å². The molecule has 2 aromatic carbocycles. The minimum atomic E-state index is -0.214. The van der Waals surface area contributed by atoms with E-state index in [-0.39, 0.29) is 11.8 Å². The van der Waals surface area contributed by atoms with E-state index in [1.165, 1.54) is 0 Å². The van der Waals surface area contributed by atoms with Crippen molar-refractivity contribution in [1.29, 1.82) is 0 Å². The summed E-state index contributed by atoms with van der Waals surface area (Å²) in [6.45, 7) is 0. The average Bonchev–Trinajstić information content (AvgIpc) is 3.04. The summed E-state index contributed by atoms with van der Waals surface area (Å²) in [5.41, 5.74) is 4.04. The number of nitrogens with one attached hydrogen (secondary N) is 1. The van der Waals surface area contributed by atoms with Gasteiger partial charge in [0.25, 0.3) is 0 Å². The molecule has 1 aliphatic heterocycles. The molecule has 3 aromatic rings. The Bertz CT molecular complexity index is 983. The second-order valence-corrected chi connectivity index (χ2v) is 6.90. The van der Waals surface area contributed by atoms with Gasteiger partial charge in [-0.15, -0.1) is 21.8 Å². The predicted molar refractivity (Wildman–Crippen MR) is 102 cm³/mol. The molecule has 0 unspecified atom stereocenters. The molecule has 26 heavy (non-hydrogen) atoms. The van der Waals surface area contributed by atoms with Crippen LogP contribution in [0.3, 0.4) is 0 Å². The first-order chi connectivity index (χ1) is 12.6. The molecule has 0 bridgehead atoms. The molecular weight excluding hydrogens is 371 g/mol. The van der Waals surface area contributed by atoms with E-state index in [0.717, 1.165) is 47.0 Å². The topological polar surface area (TPSA) is 59.8 Å². The number of amides is 1. The molecule has 5 nitrogen and oxygen atoms in total. The van der Waals surface area contributed by atoms with E-state index in [1.807, 2.05) is 42.5 Å². The van der Waals surface area contributed by atoms with E-state index in [9.17, 15) is 4.79 Å². The fourth-order valence-electron chi connectivity index (χ4n) is 3.26. The number of alkyl halides is 1. The van der Waals surface area contributed by atoms with Gasteiger partial charge in [0.15, 0.2) is 0 Å². The molecule has 132 valence electrons. The molecule has 0 aliphatic carbocycles. The second-order valence-electron chi connectivity index (χ2n) is 6.20. The molecule has 7 heteroatoms. The molecule has 1 N–H and O–H groups in total. The molecule has 0 radical (unpaired) electrons. The maximum absolute atomic E-state index is 11.5. The predicted octanol–water partition coefficient (Wildman–Crippen LogP) is 3.79. The van der Waals surface area contributed by atoms with Crippen LogP contribution in [0.15, 0.2) is 42.5 Å². The van der Waals surface area contributed by atoms with E-state index in [1.54, 1.807) is 0 Å². The molecule has 0 fully saturated rings. The quantitative estimate of drug-likeness (QED) is 0.693. The zero-order valence-electron chi connectivity index (χ0n) is 13.9. The third-order valence-corrected chi connectivity index (χ3v) is 4.87. The van der Waals surface area contributed by atoms with Crippen molar-refractivity contribution >= 4 is 34.8 Å². The number of anilines is 1. The van der Waals surface area contributed by atoms with Crippen LogP contribution in [-0.4, -0.2) is 26.6 Å². The summed E-state index contributed by atoms with van der Waals surface area (Å²) in [6.07, 6.45) is 2.31. The van der Waals surface area contributed by atoms with Crippen LogP contribution >= 0.6 is 23.2 Å². The Balaban J connectivity index is 1.68. The Hall–Kier alpha value is -2.37. The number of hydrogen-bond acceptors (Lipinski definition) is 3. The Labute approximate surface area is 161 Å². The summed E-state index contributed by atoms with van der Waals surface area (Å²) in [6, 6.07) is 13.6. The normalized spacial score (nSPS) is 12.4. The fraction of sp³-hybridized carbons (Fsp3) is 0.211. The van der Waals surface area contributed by atoms with Crippen molar-refractivity contribution in [3.63, 3.8) is 0 Å². The van der Waals surface area contributed by atoms with Gasteiger partial charge in [-0.05, 0) is 47.9 Å². The smallest absolute Gasteiger partial charge is 0.239 e. The molecule has 1 aliphatic rings. The van der Waals surface area contributed by atoms with Crippen molar-refractivity contribution in [3.8, 4) is 5.69 Å². The number of rotatable bonds is 4. The maximum Gasteiger partial charge on any atom is 0.239 e. The Kier molecular flexibility index (Phi) is 4.66. The van der Waals surface area contributed by atoms with Gasteiger partial charge < -0.3 is 5.32 Å². The Morgan fingerprint density at radius 1 is 1.15 bits per heavy atom. The van der Waals surface area contributed by atoms with Crippen LogP contribution in [0.5, 0.6) is 0 Å². The molecule has 1 aromatic heterocycles. The van der Waals surface area contributed by atoms with E-state index in [2.05, 4.69) is 20.1 Å². The summed E-state index contributed by atoms with van der Waals surface area (Å²) < 4.78 is 2.10. The second kappa shape index (κ2) is 7.09. The Morgan fingerprint density at radius 3 is 2.85 bits per heavy atom. The van der Waals surface area contributed by atoms with Gasteiger partial charge >= 0.3 is 0 Å². The number of benzene rings is 2. The third-order valence-electron chi connectivity index (χ3n) is 4.39. The molecule has 2 heterocycles. The van der Waals surface area contributed by atoms with Gasteiger partial charge in [0.05, 0.1) is 5.69 Å². The number of carbonyl (C=O) groups is 1. The zero-order valence-corrected chi connectivity index (χ0v) is 15.4. The highest BCUT2D eigenvalue weighted by Gasteiger charge is 2.22. The van der Waals surface area contributed by atoms with Gasteiger partial charge in [0.1, 0.15) is 17.5 Å². The zero-order chi connectivity index (χ0) is 18.1. The third kappa shape index (κ3) is 3.32. The molecule has 0 saturated carbocycles. The maximum atomic E-state index is 11.5. The summed E-state index contributed by atoms with van der Waals surface area (Å²) >= 11 is 11.7. The van der Waals surface area contributed by atoms with Crippen LogP contribution in [0.25, 0.3) is 5.69 Å². The Morgan fingerprint density at radius 2 is 2.04 bits per heavy atom. The molecular formula is C19H16Cl2N4O. The summed E-state index contributed by atoms with van der Waals surface area (Å²) in [5, 5.41) is 12.2. The van der Waals surface area contributed by atoms with E-state index < -0.39 is 0 Å². The van der Waals surface area contributed by atoms with Crippen molar-refractivity contribution in [1.82, 2.24) is 14.8 Å². The van der Waals surface area contributed by atoms with E-state index in [0.29, 0.717) is 11.4 Å². The highest BCUT2D eigenvalue weighted by Crippen LogP contribution is 2.28. The molecule has 0 atom stereocenters. The van der Waals surface area contributed by atoms with Crippen molar-refractivity contribution < 1.29 is 4.79 Å². The summed E-state index contributed by atoms with van der Waals surface area (Å²) in [7, 11) is 0. The standard InChI is InChI=1S/C19H16Cl2N4O/c20-11-19(26)22-15-5-6-16-13(10-15)4-7-17-23-24-18(25(16)17)9-12-2-1-3-14(21)8-12/h1-3,5-6,8,10H,4,7,9,11H2,(H,22,26). The van der Waals surface area contributed by atoms with Gasteiger partial charge in [-0.2, -0.15) is 0 Å². The van der Waals surface area contributed by atoms with E-state index in [4.69, 9.17) is 23.2 Å². The first-order valence-electron chi connectivity index (χ1n) is 8.31. The number of fused-ring (bicyclic) bond motifs is 3. The number of hydrogen-bond donors (Lipinski definition) is 1. The SMILES string of the molecule is O=C(CCl)Nc1ccc2c(c1)CCc1nnc(Cc3cccc(Cl)c3)n1-2. The van der Waals surface area contributed by atoms with Crippen LogP contribution in [0.1, 0.15) is 22.8 Å². The average molecular weight is 387 g/mol. The fourth-order valence-corrected chi connectivity index (χ4v) is 3.54. The molecule has 4 rings (SSSR count). The van der Waals surface area contributed by atoms with Crippen LogP contribution in [0.4, 0.5) is 5.69 Å². The largest absolute Gasteiger partial charge is 0.325 e. The van der Waals surface area contributed by atoms with Crippen LogP contribution in [0, 0.1) is 0 Å². The minimum absolute atomic E-state index is 0.0591. The lowest BCUT2D eigenvalue weighted by atomic mass is 10.0. The molecule has 0 spiro atoms. The van der Waals surface area contributed by atoms with E-state index >= 15 is 0 Å². The van der Waals surface area contributed by atoms with Gasteiger partial charge in [-0.25, -0.2) is 0 Å². The highest BCUT2D eigenvalue weighted by molar-refractivity contribution is 6.30. The van der Waals surface area contributed by atoms with Gasteiger partial charge in [0.2, 0.25) is 5.91 Å². The van der Waals surface area contributed by atoms with Crippen molar-refractivity contribution in [2.75, 3.05) is 11.2 Å². The van der Waals surface area contributed by atoms with Crippen molar-refractivity contribution in [2.24, 2.45) is 0 Å². The number of aromatic nitrogens is 3. The van der Waals surface area contributed by atoms with Crippen LogP contribution < -0.4 is 5.32 Å². The number of nitrogens with zero attached hydrogens (tertiary/aromatic N) is 3.